The van der Waals surface area contributed by atoms with Crippen molar-refractivity contribution in [1.29, 1.82) is 0 Å². The molecule has 1 aromatic heterocycles. The van der Waals surface area contributed by atoms with E-state index in [9.17, 15) is 13.2 Å². The van der Waals surface area contributed by atoms with Crippen molar-refractivity contribution in [1.82, 2.24) is 9.88 Å². The zero-order valence-electron chi connectivity index (χ0n) is 10.1. The minimum atomic E-state index is -3.11. The summed E-state index contributed by atoms with van der Waals surface area (Å²) in [5.74, 6) is -0.300. The molecule has 1 amide bonds. The molecule has 1 heterocycles. The number of nitrogen functional groups attached to an aromatic ring is 1. The van der Waals surface area contributed by atoms with Crippen molar-refractivity contribution >= 4 is 33.2 Å². The van der Waals surface area contributed by atoms with Gasteiger partial charge in [0.25, 0.3) is 5.91 Å². The molecule has 2 N–H and O–H groups in total. The lowest BCUT2D eigenvalue weighted by molar-refractivity contribution is 0.0803. The second-order valence-corrected chi connectivity index (χ2v) is 6.61. The predicted molar refractivity (Wildman–Crippen MR) is 70.3 cm³/mol. The molecule has 18 heavy (non-hydrogen) atoms. The van der Waals surface area contributed by atoms with Crippen molar-refractivity contribution in [3.63, 3.8) is 0 Å². The molecule has 0 radical (unpaired) electrons. The Morgan fingerprint density at radius 3 is 2.67 bits per heavy atom. The van der Waals surface area contributed by atoms with E-state index in [2.05, 4.69) is 4.98 Å². The highest BCUT2D eigenvalue weighted by molar-refractivity contribution is 7.90. The van der Waals surface area contributed by atoms with Crippen LogP contribution in [0.25, 0.3) is 0 Å². The van der Waals surface area contributed by atoms with Crippen molar-refractivity contribution in [2.45, 2.75) is 0 Å². The van der Waals surface area contributed by atoms with E-state index in [0.29, 0.717) is 0 Å². The Morgan fingerprint density at radius 2 is 2.17 bits per heavy atom. The fourth-order valence-corrected chi connectivity index (χ4v) is 1.96. The zero-order valence-corrected chi connectivity index (χ0v) is 11.6. The zero-order chi connectivity index (χ0) is 13.9. The molecule has 1 rings (SSSR count). The van der Waals surface area contributed by atoms with E-state index in [-0.39, 0.29) is 34.6 Å². The van der Waals surface area contributed by atoms with Crippen LogP contribution in [0.5, 0.6) is 0 Å². The number of amides is 1. The lowest BCUT2D eigenvalue weighted by atomic mass is 10.2. The Hall–Kier alpha value is -1.34. The summed E-state index contributed by atoms with van der Waals surface area (Å²) >= 11 is 5.76. The van der Waals surface area contributed by atoms with Gasteiger partial charge in [0.05, 0.1) is 16.3 Å². The fraction of sp³-hybridized carbons (Fsp3) is 0.400. The number of sulfone groups is 1. The molecule has 0 aromatic carbocycles. The lowest BCUT2D eigenvalue weighted by Gasteiger charge is -2.16. The number of anilines is 1. The number of halogens is 1. The number of hydrogen-bond donors (Lipinski definition) is 1. The van der Waals surface area contributed by atoms with Crippen LogP contribution in [0.15, 0.2) is 12.3 Å². The third kappa shape index (κ3) is 4.15. The van der Waals surface area contributed by atoms with Gasteiger partial charge in [0.2, 0.25) is 0 Å². The second-order valence-electron chi connectivity index (χ2n) is 3.95. The van der Waals surface area contributed by atoms with Gasteiger partial charge >= 0.3 is 0 Å². The third-order valence-corrected chi connectivity index (χ3v) is 3.49. The molecule has 0 unspecified atom stereocenters. The maximum absolute atomic E-state index is 11.9. The Bertz CT molecular complexity index is 559. The van der Waals surface area contributed by atoms with Crippen molar-refractivity contribution in [2.24, 2.45) is 0 Å². The molecular weight excluding hydrogens is 278 g/mol. The molecule has 0 saturated heterocycles. The van der Waals surface area contributed by atoms with Crippen molar-refractivity contribution in [3.05, 3.63) is 22.8 Å². The van der Waals surface area contributed by atoms with Gasteiger partial charge in [0.1, 0.15) is 15.7 Å². The summed E-state index contributed by atoms with van der Waals surface area (Å²) in [4.78, 5) is 17.0. The van der Waals surface area contributed by atoms with Gasteiger partial charge in [-0.25, -0.2) is 13.4 Å². The van der Waals surface area contributed by atoms with E-state index < -0.39 is 9.84 Å². The Labute approximate surface area is 111 Å². The van der Waals surface area contributed by atoms with Crippen LogP contribution in [0.3, 0.4) is 0 Å². The molecule has 0 aliphatic rings. The van der Waals surface area contributed by atoms with Crippen LogP contribution in [0.4, 0.5) is 5.82 Å². The monoisotopic (exact) mass is 291 g/mol. The number of hydrogen-bond acceptors (Lipinski definition) is 5. The molecule has 0 saturated carbocycles. The number of nitrogens with two attached hydrogens (primary N) is 1. The van der Waals surface area contributed by atoms with Crippen LogP contribution >= 0.6 is 11.6 Å². The number of rotatable bonds is 4. The van der Waals surface area contributed by atoms with Gasteiger partial charge in [-0.2, -0.15) is 0 Å². The topological polar surface area (TPSA) is 93.4 Å². The standard InChI is InChI=1S/C10H14ClN3O3S/c1-14(3-4-18(2,16)17)10(15)7-5-8(11)9(12)13-6-7/h5-6H,3-4H2,1-2H3,(H2,12,13). The largest absolute Gasteiger partial charge is 0.382 e. The molecule has 100 valence electrons. The molecule has 0 aliphatic heterocycles. The molecule has 0 aliphatic carbocycles. The molecule has 1 aromatic rings. The van der Waals surface area contributed by atoms with E-state index in [4.69, 9.17) is 17.3 Å². The highest BCUT2D eigenvalue weighted by atomic mass is 35.5. The van der Waals surface area contributed by atoms with E-state index in [0.717, 1.165) is 6.26 Å². The highest BCUT2D eigenvalue weighted by Crippen LogP contribution is 2.17. The second kappa shape index (κ2) is 5.53. The molecule has 6 nitrogen and oxygen atoms in total. The summed E-state index contributed by atoms with van der Waals surface area (Å²) in [6.07, 6.45) is 2.42. The van der Waals surface area contributed by atoms with E-state index in [1.165, 1.54) is 24.2 Å². The maximum atomic E-state index is 11.9. The number of carbonyl (C=O) groups is 1. The van der Waals surface area contributed by atoms with Crippen LogP contribution in [-0.4, -0.2) is 49.8 Å². The number of nitrogens with zero attached hydrogens (tertiary/aromatic N) is 2. The maximum Gasteiger partial charge on any atom is 0.255 e. The van der Waals surface area contributed by atoms with E-state index >= 15 is 0 Å². The summed E-state index contributed by atoms with van der Waals surface area (Å²) in [6, 6.07) is 1.41. The minimum absolute atomic E-state index is 0.0919. The van der Waals surface area contributed by atoms with Crippen LogP contribution < -0.4 is 5.73 Å². The predicted octanol–water partition coefficient (Wildman–Crippen LogP) is 0.434. The Kier molecular flexibility index (Phi) is 4.53. The number of carbonyl (C=O) groups excluding carboxylic acids is 1. The van der Waals surface area contributed by atoms with Crippen molar-refractivity contribution in [3.8, 4) is 0 Å². The van der Waals surface area contributed by atoms with Gasteiger partial charge in [-0.15, -0.1) is 0 Å². The van der Waals surface area contributed by atoms with Crippen molar-refractivity contribution in [2.75, 3.05) is 31.3 Å². The first-order valence-corrected chi connectivity index (χ1v) is 7.49. The summed E-state index contributed by atoms with van der Waals surface area (Å²) < 4.78 is 22.0. The summed E-state index contributed by atoms with van der Waals surface area (Å²) in [5, 5.41) is 0.192. The molecule has 0 fully saturated rings. The SMILES string of the molecule is CN(CCS(C)(=O)=O)C(=O)c1cnc(N)c(Cl)c1. The van der Waals surface area contributed by atoms with Gasteiger partial charge in [-0.3, -0.25) is 4.79 Å². The molecular formula is C10H14ClN3O3S. The summed E-state index contributed by atoms with van der Waals surface area (Å²) in [7, 11) is -1.59. The number of aromatic nitrogens is 1. The van der Waals surface area contributed by atoms with Crippen LogP contribution in [0, 0.1) is 0 Å². The van der Waals surface area contributed by atoms with Gasteiger partial charge in [-0.1, -0.05) is 11.6 Å². The summed E-state index contributed by atoms with van der Waals surface area (Å²) in [6.45, 7) is 0.111. The first-order valence-electron chi connectivity index (χ1n) is 5.05. The molecule has 0 atom stereocenters. The molecule has 8 heteroatoms. The first kappa shape index (κ1) is 14.7. The lowest BCUT2D eigenvalue weighted by Crippen LogP contribution is -2.31. The minimum Gasteiger partial charge on any atom is -0.382 e. The van der Waals surface area contributed by atoms with Gasteiger partial charge in [-0.05, 0) is 6.07 Å². The highest BCUT2D eigenvalue weighted by Gasteiger charge is 2.15. The first-order chi connectivity index (χ1) is 8.20. The van der Waals surface area contributed by atoms with E-state index in [1.807, 2.05) is 0 Å². The van der Waals surface area contributed by atoms with Crippen molar-refractivity contribution < 1.29 is 13.2 Å². The average Bonchev–Trinajstić information content (AvgIpc) is 2.27. The number of pyridine rings is 1. The Morgan fingerprint density at radius 1 is 1.56 bits per heavy atom. The third-order valence-electron chi connectivity index (χ3n) is 2.26. The fourth-order valence-electron chi connectivity index (χ4n) is 1.19. The molecule has 0 spiro atoms. The molecule has 0 bridgehead atoms. The Balaban J connectivity index is 2.77. The van der Waals surface area contributed by atoms with Crippen LogP contribution in [-0.2, 0) is 9.84 Å². The smallest absolute Gasteiger partial charge is 0.255 e. The quantitative estimate of drug-likeness (QED) is 0.868. The van der Waals surface area contributed by atoms with Gasteiger partial charge in [0.15, 0.2) is 0 Å². The van der Waals surface area contributed by atoms with Crippen LogP contribution in [0.1, 0.15) is 10.4 Å². The van der Waals surface area contributed by atoms with Gasteiger partial charge in [0, 0.05) is 26.0 Å². The van der Waals surface area contributed by atoms with Gasteiger partial charge < -0.3 is 10.6 Å². The normalized spacial score (nSPS) is 11.3. The van der Waals surface area contributed by atoms with E-state index in [1.54, 1.807) is 0 Å². The van der Waals surface area contributed by atoms with Crippen LogP contribution in [0.2, 0.25) is 5.02 Å². The summed E-state index contributed by atoms with van der Waals surface area (Å²) in [5.41, 5.74) is 5.70. The average molecular weight is 292 g/mol.